The van der Waals surface area contributed by atoms with Gasteiger partial charge in [-0.25, -0.2) is 9.59 Å². The van der Waals surface area contributed by atoms with Crippen LogP contribution in [0.15, 0.2) is 101 Å². The van der Waals surface area contributed by atoms with Crippen LogP contribution in [0, 0.1) is 13.8 Å². The number of nitrogens with zero attached hydrogens (tertiary/aromatic N) is 2. The molecule has 4 aromatic rings. The molecule has 0 N–H and O–H groups in total. The minimum atomic E-state index is -0.544. The molecule has 0 amide bonds. The zero-order chi connectivity index (χ0) is 31.3. The first-order valence-corrected chi connectivity index (χ1v) is 14.3. The van der Waals surface area contributed by atoms with E-state index < -0.39 is 11.9 Å². The molecule has 0 bridgehead atoms. The average Bonchev–Trinajstić information content (AvgIpc) is 3.04. The van der Waals surface area contributed by atoms with Gasteiger partial charge in [-0.15, -0.1) is 0 Å². The Bertz CT molecular complexity index is 1600. The van der Waals surface area contributed by atoms with E-state index in [0.29, 0.717) is 54.4 Å². The summed E-state index contributed by atoms with van der Waals surface area (Å²) in [6.07, 6.45) is 1.81. The fourth-order valence-corrected chi connectivity index (χ4v) is 3.89. The van der Waals surface area contributed by atoms with Crippen molar-refractivity contribution in [2.45, 2.75) is 40.0 Å². The summed E-state index contributed by atoms with van der Waals surface area (Å²) in [6, 6.07) is 25.6. The van der Waals surface area contributed by atoms with E-state index in [0.717, 1.165) is 23.2 Å². The van der Waals surface area contributed by atoms with Crippen molar-refractivity contribution in [3.05, 3.63) is 113 Å². The fraction of sp³-hybridized carbons (Fsp3) is 0.229. The molecule has 0 aliphatic rings. The zero-order valence-electron chi connectivity index (χ0n) is 24.9. The minimum Gasteiger partial charge on any atom is -0.494 e. The Labute approximate surface area is 256 Å². The number of carbonyl (C=O) groups is 3. The molecule has 9 heteroatoms. The quantitative estimate of drug-likeness (QED) is 0.0662. The van der Waals surface area contributed by atoms with Crippen molar-refractivity contribution in [1.29, 1.82) is 0 Å². The topological polar surface area (TPSA) is 113 Å². The summed E-state index contributed by atoms with van der Waals surface area (Å²) in [4.78, 5) is 36.5. The molecule has 0 saturated heterocycles. The van der Waals surface area contributed by atoms with Crippen LogP contribution in [0.25, 0.3) is 0 Å². The van der Waals surface area contributed by atoms with E-state index in [1.807, 2.05) is 38.1 Å². The highest BCUT2D eigenvalue weighted by Gasteiger charge is 2.13. The third kappa shape index (κ3) is 9.62. The molecule has 0 aliphatic heterocycles. The lowest BCUT2D eigenvalue weighted by molar-refractivity contribution is -0.143. The van der Waals surface area contributed by atoms with Crippen molar-refractivity contribution in [1.82, 2.24) is 0 Å². The van der Waals surface area contributed by atoms with Crippen LogP contribution in [0.3, 0.4) is 0 Å². The summed E-state index contributed by atoms with van der Waals surface area (Å²) < 4.78 is 21.7. The third-order valence-electron chi connectivity index (χ3n) is 6.43. The molecule has 226 valence electrons. The molecular weight excluding hydrogens is 560 g/mol. The van der Waals surface area contributed by atoms with Gasteiger partial charge in [-0.3, -0.25) is 4.79 Å². The van der Waals surface area contributed by atoms with Gasteiger partial charge in [0.25, 0.3) is 0 Å². The summed E-state index contributed by atoms with van der Waals surface area (Å²) in [6.45, 7) is 6.43. The summed E-state index contributed by atoms with van der Waals surface area (Å²) in [5.74, 6) is 0.0160. The first-order valence-electron chi connectivity index (χ1n) is 14.3. The number of hydrogen-bond donors (Lipinski definition) is 0. The van der Waals surface area contributed by atoms with Crippen molar-refractivity contribution in [2.24, 2.45) is 10.2 Å². The minimum absolute atomic E-state index is 0.210. The zero-order valence-corrected chi connectivity index (χ0v) is 24.9. The van der Waals surface area contributed by atoms with Crippen LogP contribution in [-0.2, 0) is 9.53 Å². The number of aryl methyl sites for hydroxylation is 2. The van der Waals surface area contributed by atoms with Crippen LogP contribution >= 0.6 is 0 Å². The average molecular weight is 595 g/mol. The SMILES string of the molecule is CCC(=O)OCCCCOc1ccc(C(=O)Oc2ccc(C(=O)Oc3ccc(N=Nc4ccc(C)cc4)cc3C)cc2)cc1. The molecule has 0 radical (unpaired) electrons. The molecule has 44 heavy (non-hydrogen) atoms. The summed E-state index contributed by atoms with van der Waals surface area (Å²) in [7, 11) is 0. The van der Waals surface area contributed by atoms with Gasteiger partial charge in [0.15, 0.2) is 0 Å². The Morgan fingerprint density at radius 1 is 0.636 bits per heavy atom. The maximum Gasteiger partial charge on any atom is 0.343 e. The van der Waals surface area contributed by atoms with E-state index in [9.17, 15) is 14.4 Å². The molecule has 0 unspecified atom stereocenters. The van der Waals surface area contributed by atoms with Crippen LogP contribution in [0.1, 0.15) is 58.0 Å². The number of unbranched alkanes of at least 4 members (excludes halogenated alkanes) is 1. The van der Waals surface area contributed by atoms with Gasteiger partial charge in [0.05, 0.1) is 35.7 Å². The monoisotopic (exact) mass is 594 g/mol. The van der Waals surface area contributed by atoms with Gasteiger partial charge < -0.3 is 18.9 Å². The van der Waals surface area contributed by atoms with E-state index in [4.69, 9.17) is 18.9 Å². The van der Waals surface area contributed by atoms with Gasteiger partial charge in [-0.2, -0.15) is 10.2 Å². The van der Waals surface area contributed by atoms with E-state index in [-0.39, 0.29) is 11.7 Å². The van der Waals surface area contributed by atoms with Gasteiger partial charge in [-0.05, 0) is 111 Å². The molecule has 4 rings (SSSR count). The second kappa shape index (κ2) is 15.8. The molecule has 0 fully saturated rings. The summed E-state index contributed by atoms with van der Waals surface area (Å²) in [5, 5.41) is 8.49. The Morgan fingerprint density at radius 3 is 1.84 bits per heavy atom. The Hall–Kier alpha value is -5.31. The third-order valence-corrected chi connectivity index (χ3v) is 6.43. The molecular formula is C35H34N2O7. The van der Waals surface area contributed by atoms with Crippen LogP contribution in [0.5, 0.6) is 17.2 Å². The second-order valence-electron chi connectivity index (χ2n) is 9.94. The number of benzene rings is 4. The lowest BCUT2D eigenvalue weighted by atomic mass is 10.2. The molecule has 9 nitrogen and oxygen atoms in total. The first-order chi connectivity index (χ1) is 21.3. The van der Waals surface area contributed by atoms with Gasteiger partial charge in [0.1, 0.15) is 17.2 Å². The number of carbonyl (C=O) groups excluding carboxylic acids is 3. The smallest absolute Gasteiger partial charge is 0.343 e. The lowest BCUT2D eigenvalue weighted by Crippen LogP contribution is -2.10. The normalized spacial score (nSPS) is 10.8. The Morgan fingerprint density at radius 2 is 1.20 bits per heavy atom. The molecule has 4 aromatic carbocycles. The summed E-state index contributed by atoms with van der Waals surface area (Å²) >= 11 is 0. The number of rotatable bonds is 13. The maximum absolute atomic E-state index is 12.7. The van der Waals surface area contributed by atoms with E-state index in [1.54, 1.807) is 49.4 Å². The van der Waals surface area contributed by atoms with Crippen LogP contribution in [0.2, 0.25) is 0 Å². The highest BCUT2D eigenvalue weighted by molar-refractivity contribution is 5.92. The number of ether oxygens (including phenoxy) is 4. The summed E-state index contributed by atoms with van der Waals surface area (Å²) in [5.41, 5.74) is 3.92. The number of esters is 3. The standard InChI is InChI=1S/C35H34N2O7/c1-4-33(38)42-22-6-5-21-41-30-16-9-26(10-17-30)34(39)43-31-18-11-27(12-19-31)35(40)44-32-20-15-29(23-25(32)3)37-36-28-13-7-24(2)8-14-28/h7-20,23H,4-6,21-22H2,1-3H3. The van der Waals surface area contributed by atoms with Crippen molar-refractivity contribution in [2.75, 3.05) is 13.2 Å². The Kier molecular flexibility index (Phi) is 11.3. The van der Waals surface area contributed by atoms with Crippen LogP contribution < -0.4 is 14.2 Å². The maximum atomic E-state index is 12.7. The van der Waals surface area contributed by atoms with Crippen molar-refractivity contribution < 1.29 is 33.3 Å². The predicted octanol–water partition coefficient (Wildman–Crippen LogP) is 8.27. The van der Waals surface area contributed by atoms with Gasteiger partial charge >= 0.3 is 17.9 Å². The van der Waals surface area contributed by atoms with Crippen molar-refractivity contribution >= 4 is 29.3 Å². The second-order valence-corrected chi connectivity index (χ2v) is 9.94. The molecule has 0 atom stereocenters. The Balaban J connectivity index is 1.24. The lowest BCUT2D eigenvalue weighted by Gasteiger charge is -2.09. The molecule has 0 heterocycles. The van der Waals surface area contributed by atoms with E-state index in [2.05, 4.69) is 10.2 Å². The molecule has 0 aliphatic carbocycles. The molecule has 0 spiro atoms. The van der Waals surface area contributed by atoms with Crippen LogP contribution in [-0.4, -0.2) is 31.1 Å². The van der Waals surface area contributed by atoms with Gasteiger partial charge in [-0.1, -0.05) is 24.6 Å². The highest BCUT2D eigenvalue weighted by Crippen LogP contribution is 2.27. The van der Waals surface area contributed by atoms with Crippen LogP contribution in [0.4, 0.5) is 11.4 Å². The predicted molar refractivity (Wildman–Crippen MR) is 165 cm³/mol. The van der Waals surface area contributed by atoms with Crippen molar-refractivity contribution in [3.8, 4) is 17.2 Å². The number of hydrogen-bond acceptors (Lipinski definition) is 9. The fourth-order valence-electron chi connectivity index (χ4n) is 3.89. The first kappa shape index (κ1) is 31.6. The van der Waals surface area contributed by atoms with E-state index >= 15 is 0 Å². The van der Waals surface area contributed by atoms with Crippen molar-refractivity contribution in [3.63, 3.8) is 0 Å². The van der Waals surface area contributed by atoms with Gasteiger partial charge in [0, 0.05) is 6.42 Å². The van der Waals surface area contributed by atoms with E-state index in [1.165, 1.54) is 24.3 Å². The number of azo groups is 1. The highest BCUT2D eigenvalue weighted by atomic mass is 16.5. The van der Waals surface area contributed by atoms with Gasteiger partial charge in [0.2, 0.25) is 0 Å². The molecule has 0 saturated carbocycles. The molecule has 0 aromatic heterocycles. The largest absolute Gasteiger partial charge is 0.494 e.